The van der Waals surface area contributed by atoms with E-state index in [1.54, 1.807) is 24.3 Å². The molecule has 1 aromatic heterocycles. The molecule has 0 atom stereocenters. The van der Waals surface area contributed by atoms with Gasteiger partial charge in [0.15, 0.2) is 12.3 Å². The molecule has 5 nitrogen and oxygen atoms in total. The number of quaternary nitrogens is 1. The van der Waals surface area contributed by atoms with E-state index in [1.165, 1.54) is 62.6 Å². The van der Waals surface area contributed by atoms with E-state index in [0.717, 1.165) is 13.0 Å². The van der Waals surface area contributed by atoms with Gasteiger partial charge in [-0.2, -0.15) is 0 Å². The van der Waals surface area contributed by atoms with E-state index in [1.807, 2.05) is 0 Å². The number of benzene rings is 1. The number of pyridine rings is 1. The zero-order valence-corrected chi connectivity index (χ0v) is 20.6. The lowest BCUT2D eigenvalue weighted by Gasteiger charge is -2.29. The fraction of sp³-hybridized carbons (Fsp3) is 0.423. The Balaban J connectivity index is 0.00000544. The zero-order valence-electron chi connectivity index (χ0n) is 19.8. The van der Waals surface area contributed by atoms with Crippen LogP contribution in [0, 0.1) is 5.82 Å². The van der Waals surface area contributed by atoms with Gasteiger partial charge in [0.25, 0.3) is 5.91 Å². The number of rotatable bonds is 13. The Labute approximate surface area is 203 Å². The Hall–Kier alpha value is -2.57. The first-order valence-corrected chi connectivity index (χ1v) is 11.4. The molecule has 0 saturated heterocycles. The van der Waals surface area contributed by atoms with Crippen molar-refractivity contribution in [3.8, 4) is 0 Å². The van der Waals surface area contributed by atoms with Gasteiger partial charge in [0, 0.05) is 17.4 Å². The first-order chi connectivity index (χ1) is 15.3. The maximum absolute atomic E-state index is 13.6. The Morgan fingerprint density at radius 3 is 2.36 bits per heavy atom. The van der Waals surface area contributed by atoms with Gasteiger partial charge in [-0.05, 0) is 61.4 Å². The molecule has 2 aromatic rings. The molecule has 1 amide bonds. The summed E-state index contributed by atoms with van der Waals surface area (Å²) in [6, 6.07) is 9.49. The zero-order chi connectivity index (χ0) is 23.4. The van der Waals surface area contributed by atoms with Crippen LogP contribution in [-0.4, -0.2) is 48.3 Å². The monoisotopic (exact) mass is 475 g/mol. The third-order valence-electron chi connectivity index (χ3n) is 5.32. The number of allylic oxidation sites excluding steroid dienone is 1. The van der Waals surface area contributed by atoms with Crippen molar-refractivity contribution in [3.63, 3.8) is 0 Å². The van der Waals surface area contributed by atoms with Crippen LogP contribution < -0.4 is 17.7 Å². The SMILES string of the molecule is CCCCCCCC[N+](C)(C)CC(=O)Nc1ccc(C(=O)/C=C/c2ncccc2F)cc1.[Cl-]. The molecule has 0 aliphatic heterocycles. The molecule has 1 heterocycles. The largest absolute Gasteiger partial charge is 1.00 e. The fourth-order valence-corrected chi connectivity index (χ4v) is 3.48. The smallest absolute Gasteiger partial charge is 0.279 e. The van der Waals surface area contributed by atoms with Gasteiger partial charge in [0.1, 0.15) is 5.82 Å². The molecule has 0 unspecified atom stereocenters. The van der Waals surface area contributed by atoms with Crippen molar-refractivity contribution < 1.29 is 30.9 Å². The molecule has 33 heavy (non-hydrogen) atoms. The van der Waals surface area contributed by atoms with Crippen molar-refractivity contribution in [2.45, 2.75) is 45.4 Å². The first-order valence-electron chi connectivity index (χ1n) is 11.4. The molecule has 7 heteroatoms. The number of hydrogen-bond acceptors (Lipinski definition) is 3. The highest BCUT2D eigenvalue weighted by Crippen LogP contribution is 2.13. The van der Waals surface area contributed by atoms with Gasteiger partial charge < -0.3 is 22.2 Å². The van der Waals surface area contributed by atoms with Gasteiger partial charge in [-0.1, -0.05) is 32.6 Å². The summed E-state index contributed by atoms with van der Waals surface area (Å²) in [5.41, 5.74) is 1.21. The summed E-state index contributed by atoms with van der Waals surface area (Å²) in [5.74, 6) is -0.789. The second-order valence-corrected chi connectivity index (χ2v) is 8.78. The van der Waals surface area contributed by atoms with Crippen molar-refractivity contribution >= 4 is 23.5 Å². The second-order valence-electron chi connectivity index (χ2n) is 8.78. The van der Waals surface area contributed by atoms with E-state index in [2.05, 4.69) is 31.3 Å². The summed E-state index contributed by atoms with van der Waals surface area (Å²) in [6.07, 6.45) is 11.5. The minimum Gasteiger partial charge on any atom is -1.00 e. The van der Waals surface area contributed by atoms with Crippen LogP contribution in [0.15, 0.2) is 48.7 Å². The minimum absolute atomic E-state index is 0. The number of unbranched alkanes of at least 4 members (excludes halogenated alkanes) is 5. The van der Waals surface area contributed by atoms with E-state index >= 15 is 0 Å². The molecule has 0 spiro atoms. The lowest BCUT2D eigenvalue weighted by atomic mass is 10.1. The van der Waals surface area contributed by atoms with Crippen molar-refractivity contribution in [3.05, 3.63) is 65.7 Å². The number of ketones is 1. The molecule has 180 valence electrons. The average Bonchev–Trinajstić information content (AvgIpc) is 2.75. The van der Waals surface area contributed by atoms with Crippen LogP contribution in [0.4, 0.5) is 10.1 Å². The number of nitrogens with one attached hydrogen (secondary N) is 1. The molecule has 0 saturated carbocycles. The molecule has 0 aliphatic rings. The number of anilines is 1. The number of aromatic nitrogens is 1. The van der Waals surface area contributed by atoms with Gasteiger partial charge in [-0.15, -0.1) is 0 Å². The molecular weight excluding hydrogens is 441 g/mol. The number of hydrogen-bond donors (Lipinski definition) is 1. The quantitative estimate of drug-likeness (QED) is 0.209. The van der Waals surface area contributed by atoms with E-state index in [-0.39, 0.29) is 29.8 Å². The van der Waals surface area contributed by atoms with Gasteiger partial charge in [-0.25, -0.2) is 4.39 Å². The van der Waals surface area contributed by atoms with E-state index in [9.17, 15) is 14.0 Å². The van der Waals surface area contributed by atoms with Gasteiger partial charge in [0.2, 0.25) is 0 Å². The first kappa shape index (κ1) is 28.5. The van der Waals surface area contributed by atoms with E-state index in [4.69, 9.17) is 0 Å². The fourth-order valence-electron chi connectivity index (χ4n) is 3.48. The third kappa shape index (κ3) is 10.7. The van der Waals surface area contributed by atoms with Crippen molar-refractivity contribution in [1.82, 2.24) is 4.98 Å². The maximum Gasteiger partial charge on any atom is 0.279 e. The summed E-state index contributed by atoms with van der Waals surface area (Å²) < 4.78 is 14.2. The van der Waals surface area contributed by atoms with E-state index < -0.39 is 5.82 Å². The Morgan fingerprint density at radius 2 is 1.70 bits per heavy atom. The third-order valence-corrected chi connectivity index (χ3v) is 5.32. The number of likely N-dealkylation sites (N-methyl/N-ethyl adjacent to an activating group) is 1. The van der Waals surface area contributed by atoms with Gasteiger partial charge in [0.05, 0.1) is 26.3 Å². The summed E-state index contributed by atoms with van der Waals surface area (Å²) in [5, 5.41) is 2.90. The van der Waals surface area contributed by atoms with Crippen molar-refractivity contribution in [2.75, 3.05) is 32.5 Å². The predicted octanol–water partition coefficient (Wildman–Crippen LogP) is 2.50. The number of carbonyl (C=O) groups is 2. The normalized spacial score (nSPS) is 11.3. The predicted molar refractivity (Wildman–Crippen MR) is 128 cm³/mol. The summed E-state index contributed by atoms with van der Waals surface area (Å²) in [6.45, 7) is 3.58. The Morgan fingerprint density at radius 1 is 1.03 bits per heavy atom. The standard InChI is InChI=1S/C26H34FN3O2.ClH/c1-4-5-6-7-8-9-19-30(2,3)20-26(32)29-22-14-12-21(13-15-22)25(31)17-16-24-23(27)11-10-18-28-24;/h10-18H,4-9,19-20H2,1-3H3;1H/b17-16+;. The lowest BCUT2D eigenvalue weighted by Crippen LogP contribution is -3.00. The lowest BCUT2D eigenvalue weighted by molar-refractivity contribution is -0.882. The van der Waals surface area contributed by atoms with Crippen LogP contribution in [0.1, 0.15) is 61.5 Å². The molecule has 0 bridgehead atoms. The summed E-state index contributed by atoms with van der Waals surface area (Å²) in [4.78, 5) is 28.7. The molecule has 0 fully saturated rings. The topological polar surface area (TPSA) is 59.1 Å². The Kier molecular flexibility index (Phi) is 12.6. The number of nitrogens with zero attached hydrogens (tertiary/aromatic N) is 2. The van der Waals surface area contributed by atoms with Crippen molar-refractivity contribution in [2.24, 2.45) is 0 Å². The van der Waals surface area contributed by atoms with Crippen LogP contribution in [-0.2, 0) is 4.79 Å². The van der Waals surface area contributed by atoms with Gasteiger partial charge in [-0.3, -0.25) is 14.6 Å². The van der Waals surface area contributed by atoms with Crippen molar-refractivity contribution in [1.29, 1.82) is 0 Å². The molecule has 1 N–H and O–H groups in total. The van der Waals surface area contributed by atoms with Crippen LogP contribution in [0.25, 0.3) is 6.08 Å². The average molecular weight is 476 g/mol. The highest BCUT2D eigenvalue weighted by molar-refractivity contribution is 6.07. The second kappa shape index (κ2) is 14.6. The van der Waals surface area contributed by atoms with Crippen LogP contribution in [0.2, 0.25) is 0 Å². The van der Waals surface area contributed by atoms with Crippen LogP contribution in [0.3, 0.4) is 0 Å². The minimum atomic E-state index is -0.479. The van der Waals surface area contributed by atoms with Crippen LogP contribution in [0.5, 0.6) is 0 Å². The highest BCUT2D eigenvalue weighted by atomic mass is 35.5. The molecule has 0 aliphatic carbocycles. The number of amides is 1. The van der Waals surface area contributed by atoms with E-state index in [0.29, 0.717) is 22.3 Å². The highest BCUT2D eigenvalue weighted by Gasteiger charge is 2.19. The molecular formula is C26H35ClFN3O2. The molecule has 2 rings (SSSR count). The van der Waals surface area contributed by atoms with Crippen LogP contribution >= 0.6 is 0 Å². The Bertz CT molecular complexity index is 914. The summed E-state index contributed by atoms with van der Waals surface area (Å²) >= 11 is 0. The molecule has 1 aromatic carbocycles. The number of carbonyl (C=O) groups excluding carboxylic acids is 2. The maximum atomic E-state index is 13.6. The van der Waals surface area contributed by atoms with Gasteiger partial charge >= 0.3 is 0 Å². The molecule has 0 radical (unpaired) electrons. The summed E-state index contributed by atoms with van der Waals surface area (Å²) in [7, 11) is 4.15. The number of halogens is 2.